The quantitative estimate of drug-likeness (QED) is 0.467. The van der Waals surface area contributed by atoms with E-state index >= 15 is 0 Å². The summed E-state index contributed by atoms with van der Waals surface area (Å²) in [4.78, 5) is 30.0. The lowest BCUT2D eigenvalue weighted by molar-refractivity contribution is -0.123. The molecule has 4 nitrogen and oxygen atoms in total. The standard InChI is InChI=1S/C25H20Cl2N2O2S/c1-16-6-2-4-8-19(16)23(30)29-12-13-32-25(29)20-14-18(26)10-11-22(20)28(24(25)31)15-17-7-3-5-9-21(17)27/h2-11,14H,12-13,15H2,1H3/t25-/m0/s1. The molecule has 1 saturated heterocycles. The lowest BCUT2D eigenvalue weighted by Gasteiger charge is -2.33. The average Bonchev–Trinajstić information content (AvgIpc) is 3.32. The number of anilines is 1. The second-order valence-electron chi connectivity index (χ2n) is 7.91. The van der Waals surface area contributed by atoms with Gasteiger partial charge in [0.25, 0.3) is 11.8 Å². The maximum Gasteiger partial charge on any atom is 0.268 e. The van der Waals surface area contributed by atoms with Gasteiger partial charge in [-0.1, -0.05) is 59.6 Å². The number of hydrogen-bond donors (Lipinski definition) is 0. The lowest BCUT2D eigenvalue weighted by Crippen LogP contribution is -2.50. The van der Waals surface area contributed by atoms with Crippen molar-refractivity contribution in [1.82, 2.24) is 4.90 Å². The van der Waals surface area contributed by atoms with E-state index in [4.69, 9.17) is 23.2 Å². The number of carbonyl (C=O) groups is 2. The molecule has 0 aromatic heterocycles. The van der Waals surface area contributed by atoms with Crippen molar-refractivity contribution in [3.05, 3.63) is 99.0 Å². The highest BCUT2D eigenvalue weighted by Crippen LogP contribution is 2.55. The van der Waals surface area contributed by atoms with Crippen LogP contribution in [0.3, 0.4) is 0 Å². The molecule has 2 heterocycles. The first-order chi connectivity index (χ1) is 15.4. The summed E-state index contributed by atoms with van der Waals surface area (Å²) in [5.74, 6) is 0.376. The Bertz CT molecular complexity index is 1250. The Morgan fingerprint density at radius 3 is 2.59 bits per heavy atom. The van der Waals surface area contributed by atoms with E-state index in [9.17, 15) is 9.59 Å². The van der Waals surface area contributed by atoms with E-state index in [1.54, 1.807) is 15.9 Å². The van der Waals surface area contributed by atoms with Crippen molar-refractivity contribution in [2.45, 2.75) is 18.3 Å². The second-order valence-corrected chi connectivity index (χ2v) is 10.0. The van der Waals surface area contributed by atoms with Crippen LogP contribution in [0.1, 0.15) is 27.0 Å². The third-order valence-corrected chi connectivity index (χ3v) is 8.09. The van der Waals surface area contributed by atoms with Gasteiger partial charge in [0.15, 0.2) is 4.87 Å². The van der Waals surface area contributed by atoms with Crippen LogP contribution < -0.4 is 4.90 Å². The number of nitrogens with zero attached hydrogens (tertiary/aromatic N) is 2. The molecule has 5 rings (SSSR count). The van der Waals surface area contributed by atoms with Gasteiger partial charge in [0, 0.05) is 33.5 Å². The van der Waals surface area contributed by atoms with Crippen LogP contribution in [0.2, 0.25) is 10.0 Å². The minimum absolute atomic E-state index is 0.140. The van der Waals surface area contributed by atoms with Crippen LogP contribution in [0.15, 0.2) is 66.7 Å². The minimum Gasteiger partial charge on any atom is -0.311 e. The minimum atomic E-state index is -1.14. The van der Waals surface area contributed by atoms with E-state index in [1.165, 1.54) is 11.8 Å². The molecule has 0 radical (unpaired) electrons. The molecule has 0 bridgehead atoms. The highest BCUT2D eigenvalue weighted by atomic mass is 35.5. The molecule has 0 N–H and O–H groups in total. The van der Waals surface area contributed by atoms with Gasteiger partial charge in [-0.25, -0.2) is 0 Å². The summed E-state index contributed by atoms with van der Waals surface area (Å²) in [5, 5.41) is 1.13. The Hall–Kier alpha value is -2.47. The number of benzene rings is 3. The first-order valence-electron chi connectivity index (χ1n) is 10.3. The zero-order valence-electron chi connectivity index (χ0n) is 17.3. The predicted octanol–water partition coefficient (Wildman–Crippen LogP) is 5.89. The van der Waals surface area contributed by atoms with Crippen molar-refractivity contribution in [2.75, 3.05) is 17.2 Å². The summed E-state index contributed by atoms with van der Waals surface area (Å²) in [6.07, 6.45) is 0. The predicted molar refractivity (Wildman–Crippen MR) is 130 cm³/mol. The van der Waals surface area contributed by atoms with Crippen LogP contribution in [0.25, 0.3) is 0 Å². The molecule has 2 aliphatic rings. The van der Waals surface area contributed by atoms with E-state index in [0.29, 0.717) is 34.5 Å². The Morgan fingerprint density at radius 2 is 1.81 bits per heavy atom. The zero-order chi connectivity index (χ0) is 22.5. The Kier molecular flexibility index (Phi) is 5.44. The van der Waals surface area contributed by atoms with Crippen LogP contribution in [0.4, 0.5) is 5.69 Å². The van der Waals surface area contributed by atoms with Crippen LogP contribution >= 0.6 is 35.0 Å². The van der Waals surface area contributed by atoms with Crippen LogP contribution in [-0.2, 0) is 16.2 Å². The SMILES string of the molecule is Cc1ccccc1C(=O)N1CCS[C@@]12C(=O)N(Cc1ccccc1Cl)c1ccc(Cl)cc12. The maximum atomic E-state index is 14.1. The van der Waals surface area contributed by atoms with Gasteiger partial charge in [-0.2, -0.15) is 0 Å². The van der Waals surface area contributed by atoms with E-state index in [2.05, 4.69) is 0 Å². The number of amides is 2. The molecular formula is C25H20Cl2N2O2S. The number of rotatable bonds is 3. The zero-order valence-corrected chi connectivity index (χ0v) is 19.7. The molecule has 1 fully saturated rings. The fourth-order valence-electron chi connectivity index (χ4n) is 4.50. The number of fused-ring (bicyclic) bond motifs is 2. The van der Waals surface area contributed by atoms with Gasteiger partial charge in [-0.3, -0.25) is 9.59 Å². The van der Waals surface area contributed by atoms with Gasteiger partial charge in [-0.15, -0.1) is 11.8 Å². The summed E-state index contributed by atoms with van der Waals surface area (Å²) in [5.41, 5.74) is 3.85. The highest BCUT2D eigenvalue weighted by molar-refractivity contribution is 8.01. The van der Waals surface area contributed by atoms with Crippen LogP contribution in [0.5, 0.6) is 0 Å². The van der Waals surface area contributed by atoms with Crippen LogP contribution in [-0.4, -0.2) is 29.0 Å². The summed E-state index contributed by atoms with van der Waals surface area (Å²) < 4.78 is 0. The molecule has 1 atom stereocenters. The van der Waals surface area contributed by atoms with Gasteiger partial charge in [0.2, 0.25) is 0 Å². The molecule has 0 aliphatic carbocycles. The molecule has 32 heavy (non-hydrogen) atoms. The molecule has 2 amide bonds. The van der Waals surface area contributed by atoms with Gasteiger partial charge in [-0.05, 0) is 48.4 Å². The molecule has 3 aromatic carbocycles. The molecule has 0 unspecified atom stereocenters. The Balaban J connectivity index is 1.63. The van der Waals surface area contributed by atoms with Crippen molar-refractivity contribution in [1.29, 1.82) is 0 Å². The van der Waals surface area contributed by atoms with E-state index in [1.807, 2.05) is 67.6 Å². The van der Waals surface area contributed by atoms with Crippen molar-refractivity contribution >= 4 is 52.5 Å². The topological polar surface area (TPSA) is 40.6 Å². The number of aryl methyl sites for hydroxylation is 1. The molecule has 162 valence electrons. The second kappa shape index (κ2) is 8.14. The lowest BCUT2D eigenvalue weighted by atomic mass is 10.0. The monoisotopic (exact) mass is 482 g/mol. The molecule has 7 heteroatoms. The number of carbonyl (C=O) groups excluding carboxylic acids is 2. The van der Waals surface area contributed by atoms with E-state index < -0.39 is 4.87 Å². The maximum absolute atomic E-state index is 14.1. The fourth-order valence-corrected chi connectivity index (χ4v) is 6.32. The third-order valence-electron chi connectivity index (χ3n) is 6.06. The van der Waals surface area contributed by atoms with E-state index in [-0.39, 0.29) is 11.8 Å². The normalized spacial score (nSPS) is 19.7. The van der Waals surface area contributed by atoms with Crippen molar-refractivity contribution in [3.8, 4) is 0 Å². The molecule has 3 aromatic rings. The first-order valence-corrected chi connectivity index (χ1v) is 12.0. The largest absolute Gasteiger partial charge is 0.311 e. The summed E-state index contributed by atoms with van der Waals surface area (Å²) in [7, 11) is 0. The fraction of sp³-hybridized carbons (Fsp3) is 0.200. The first kappa shape index (κ1) is 21.4. The van der Waals surface area contributed by atoms with Gasteiger partial charge in [0.05, 0.1) is 12.2 Å². The highest BCUT2D eigenvalue weighted by Gasteiger charge is 2.59. The third kappa shape index (κ3) is 3.22. The number of hydrogen-bond acceptors (Lipinski definition) is 3. The van der Waals surface area contributed by atoms with Crippen molar-refractivity contribution < 1.29 is 9.59 Å². The Labute approximate surface area is 201 Å². The summed E-state index contributed by atoms with van der Waals surface area (Å²) in [6.45, 7) is 2.71. The molecule has 0 saturated carbocycles. The Morgan fingerprint density at radius 1 is 1.06 bits per heavy atom. The van der Waals surface area contributed by atoms with Gasteiger partial charge >= 0.3 is 0 Å². The summed E-state index contributed by atoms with van der Waals surface area (Å²) in [6, 6.07) is 20.4. The number of thioether (sulfide) groups is 1. The molecule has 1 spiro atoms. The van der Waals surface area contributed by atoms with E-state index in [0.717, 1.165) is 22.4 Å². The van der Waals surface area contributed by atoms with Gasteiger partial charge in [0.1, 0.15) is 0 Å². The average molecular weight is 483 g/mol. The molecular weight excluding hydrogens is 463 g/mol. The van der Waals surface area contributed by atoms with Crippen molar-refractivity contribution in [2.24, 2.45) is 0 Å². The van der Waals surface area contributed by atoms with Crippen LogP contribution in [0, 0.1) is 6.92 Å². The molecule has 2 aliphatic heterocycles. The van der Waals surface area contributed by atoms with Crippen molar-refractivity contribution in [3.63, 3.8) is 0 Å². The number of halogens is 2. The van der Waals surface area contributed by atoms with Gasteiger partial charge < -0.3 is 9.80 Å². The summed E-state index contributed by atoms with van der Waals surface area (Å²) >= 11 is 14.3. The smallest absolute Gasteiger partial charge is 0.268 e.